The molecule has 3 rings (SSSR count). The molecule has 2 nitrogen and oxygen atoms in total. The number of benzene rings is 2. The Bertz CT molecular complexity index is 791. The fourth-order valence-electron chi connectivity index (χ4n) is 2.65. The van der Waals surface area contributed by atoms with E-state index in [1.165, 1.54) is 6.07 Å². The first kappa shape index (κ1) is 13.7. The van der Waals surface area contributed by atoms with E-state index in [0.717, 1.165) is 27.9 Å². The third-order valence-corrected chi connectivity index (χ3v) is 3.77. The molecule has 0 fully saturated rings. The van der Waals surface area contributed by atoms with E-state index in [4.69, 9.17) is 4.42 Å². The zero-order valence-electron chi connectivity index (χ0n) is 12.4. The van der Waals surface area contributed by atoms with Gasteiger partial charge in [-0.1, -0.05) is 24.3 Å². The van der Waals surface area contributed by atoms with Crippen LogP contribution in [0.1, 0.15) is 29.9 Å². The summed E-state index contributed by atoms with van der Waals surface area (Å²) in [6.45, 7) is 5.96. The molecule has 0 saturated carbocycles. The highest BCUT2D eigenvalue weighted by Crippen LogP contribution is 2.31. The van der Waals surface area contributed by atoms with Gasteiger partial charge in [0.25, 0.3) is 0 Å². The number of anilines is 1. The SMILES string of the molecule is Cc1ccc(F)c(NC(C)c2oc3ccccc3c2C)c1. The Morgan fingerprint density at radius 2 is 1.86 bits per heavy atom. The molecule has 1 aromatic heterocycles. The number of nitrogens with one attached hydrogen (secondary N) is 1. The molecule has 0 aliphatic rings. The van der Waals surface area contributed by atoms with E-state index in [1.54, 1.807) is 6.07 Å². The van der Waals surface area contributed by atoms with Crippen LogP contribution >= 0.6 is 0 Å². The van der Waals surface area contributed by atoms with Crippen molar-refractivity contribution in [3.05, 3.63) is 65.2 Å². The summed E-state index contributed by atoms with van der Waals surface area (Å²) in [5.74, 6) is 0.596. The predicted molar refractivity (Wildman–Crippen MR) is 84.1 cm³/mol. The summed E-state index contributed by atoms with van der Waals surface area (Å²) in [5, 5.41) is 4.30. The number of halogens is 1. The average Bonchev–Trinajstić information content (AvgIpc) is 2.81. The van der Waals surface area contributed by atoms with Crippen LogP contribution in [0.2, 0.25) is 0 Å². The molecule has 1 atom stereocenters. The minimum absolute atomic E-state index is 0.103. The number of para-hydroxylation sites is 1. The Hall–Kier alpha value is -2.29. The van der Waals surface area contributed by atoms with Crippen molar-refractivity contribution in [3.8, 4) is 0 Å². The molecule has 3 heteroatoms. The normalized spacial score (nSPS) is 12.6. The molecule has 1 unspecified atom stereocenters. The zero-order valence-corrected chi connectivity index (χ0v) is 12.4. The summed E-state index contributed by atoms with van der Waals surface area (Å²) in [6.07, 6.45) is 0. The van der Waals surface area contributed by atoms with Crippen molar-refractivity contribution in [1.29, 1.82) is 0 Å². The third kappa shape index (κ3) is 2.51. The van der Waals surface area contributed by atoms with Gasteiger partial charge in [0, 0.05) is 10.9 Å². The van der Waals surface area contributed by atoms with Gasteiger partial charge in [-0.25, -0.2) is 4.39 Å². The van der Waals surface area contributed by atoms with Gasteiger partial charge in [-0.15, -0.1) is 0 Å². The number of aryl methyl sites for hydroxylation is 2. The van der Waals surface area contributed by atoms with Crippen LogP contribution in [0.5, 0.6) is 0 Å². The molecule has 0 spiro atoms. The van der Waals surface area contributed by atoms with Crippen LogP contribution in [-0.4, -0.2) is 0 Å². The molecular formula is C18H18FNO. The molecule has 0 aliphatic heterocycles. The molecule has 0 amide bonds. The monoisotopic (exact) mass is 283 g/mol. The number of rotatable bonds is 3. The predicted octanol–water partition coefficient (Wildman–Crippen LogP) is 5.36. The van der Waals surface area contributed by atoms with E-state index in [0.29, 0.717) is 5.69 Å². The highest BCUT2D eigenvalue weighted by Gasteiger charge is 2.17. The fraction of sp³-hybridized carbons (Fsp3) is 0.222. The highest BCUT2D eigenvalue weighted by atomic mass is 19.1. The first-order valence-corrected chi connectivity index (χ1v) is 7.07. The van der Waals surface area contributed by atoms with Gasteiger partial charge in [0.2, 0.25) is 0 Å². The van der Waals surface area contributed by atoms with Crippen LogP contribution in [-0.2, 0) is 0 Å². The lowest BCUT2D eigenvalue weighted by Gasteiger charge is -2.15. The van der Waals surface area contributed by atoms with Gasteiger partial charge in [0.15, 0.2) is 0 Å². The Balaban J connectivity index is 1.95. The average molecular weight is 283 g/mol. The second-order valence-corrected chi connectivity index (χ2v) is 5.44. The molecule has 0 radical (unpaired) electrons. The lowest BCUT2D eigenvalue weighted by atomic mass is 10.1. The maximum atomic E-state index is 13.9. The topological polar surface area (TPSA) is 25.2 Å². The Kier molecular flexibility index (Phi) is 3.42. The van der Waals surface area contributed by atoms with Gasteiger partial charge < -0.3 is 9.73 Å². The minimum atomic E-state index is -0.249. The molecule has 0 aliphatic carbocycles. The van der Waals surface area contributed by atoms with Gasteiger partial charge in [0.1, 0.15) is 17.2 Å². The van der Waals surface area contributed by atoms with Gasteiger partial charge >= 0.3 is 0 Å². The van der Waals surface area contributed by atoms with Crippen LogP contribution in [0, 0.1) is 19.7 Å². The first-order valence-electron chi connectivity index (χ1n) is 7.07. The molecule has 3 aromatic rings. The van der Waals surface area contributed by atoms with Gasteiger partial charge in [-0.05, 0) is 44.5 Å². The molecule has 1 heterocycles. The maximum absolute atomic E-state index is 13.9. The second-order valence-electron chi connectivity index (χ2n) is 5.44. The molecule has 0 saturated heterocycles. The summed E-state index contributed by atoms with van der Waals surface area (Å²) < 4.78 is 19.8. The van der Waals surface area contributed by atoms with Gasteiger partial charge in [-0.3, -0.25) is 0 Å². The number of furan rings is 1. The molecule has 108 valence electrons. The number of fused-ring (bicyclic) bond motifs is 1. The van der Waals surface area contributed by atoms with E-state index >= 15 is 0 Å². The van der Waals surface area contributed by atoms with Crippen molar-refractivity contribution in [1.82, 2.24) is 0 Å². The Morgan fingerprint density at radius 3 is 2.62 bits per heavy atom. The summed E-state index contributed by atoms with van der Waals surface area (Å²) >= 11 is 0. The van der Waals surface area contributed by atoms with E-state index in [9.17, 15) is 4.39 Å². The van der Waals surface area contributed by atoms with Crippen molar-refractivity contribution in [2.45, 2.75) is 26.8 Å². The summed E-state index contributed by atoms with van der Waals surface area (Å²) in [7, 11) is 0. The van der Waals surface area contributed by atoms with Crippen LogP contribution in [0.4, 0.5) is 10.1 Å². The van der Waals surface area contributed by atoms with Crippen LogP contribution in [0.15, 0.2) is 46.9 Å². The quantitative estimate of drug-likeness (QED) is 0.699. The standard InChI is InChI=1S/C18H18FNO/c1-11-8-9-15(19)16(10-11)20-13(3)18-12(2)14-6-4-5-7-17(14)21-18/h4-10,13,20H,1-3H3. The minimum Gasteiger partial charge on any atom is -0.459 e. The first-order chi connectivity index (χ1) is 10.1. The van der Waals surface area contributed by atoms with Gasteiger partial charge in [-0.2, -0.15) is 0 Å². The van der Waals surface area contributed by atoms with E-state index in [-0.39, 0.29) is 11.9 Å². The van der Waals surface area contributed by atoms with Crippen molar-refractivity contribution in [2.75, 3.05) is 5.32 Å². The van der Waals surface area contributed by atoms with Crippen molar-refractivity contribution in [3.63, 3.8) is 0 Å². The smallest absolute Gasteiger partial charge is 0.146 e. The van der Waals surface area contributed by atoms with E-state index in [1.807, 2.05) is 51.1 Å². The summed E-state index contributed by atoms with van der Waals surface area (Å²) in [6, 6.07) is 12.9. The number of hydrogen-bond acceptors (Lipinski definition) is 2. The van der Waals surface area contributed by atoms with E-state index < -0.39 is 0 Å². The van der Waals surface area contributed by atoms with Crippen molar-refractivity contribution >= 4 is 16.7 Å². The van der Waals surface area contributed by atoms with Crippen molar-refractivity contribution in [2.24, 2.45) is 0 Å². The van der Waals surface area contributed by atoms with Crippen LogP contribution in [0.25, 0.3) is 11.0 Å². The van der Waals surface area contributed by atoms with Crippen LogP contribution < -0.4 is 5.32 Å². The largest absolute Gasteiger partial charge is 0.459 e. The van der Waals surface area contributed by atoms with E-state index in [2.05, 4.69) is 5.32 Å². The molecule has 2 aromatic carbocycles. The number of hydrogen-bond donors (Lipinski definition) is 1. The fourth-order valence-corrected chi connectivity index (χ4v) is 2.65. The molecule has 21 heavy (non-hydrogen) atoms. The second kappa shape index (κ2) is 5.24. The van der Waals surface area contributed by atoms with Gasteiger partial charge in [0.05, 0.1) is 11.7 Å². The molecule has 1 N–H and O–H groups in total. The lowest BCUT2D eigenvalue weighted by Crippen LogP contribution is -2.08. The summed E-state index contributed by atoms with van der Waals surface area (Å²) in [4.78, 5) is 0. The summed E-state index contributed by atoms with van der Waals surface area (Å²) in [5.41, 5.74) is 3.48. The lowest BCUT2D eigenvalue weighted by molar-refractivity contribution is 0.520. The third-order valence-electron chi connectivity index (χ3n) is 3.77. The Morgan fingerprint density at radius 1 is 1.10 bits per heavy atom. The highest BCUT2D eigenvalue weighted by molar-refractivity contribution is 5.82. The zero-order chi connectivity index (χ0) is 15.0. The molecule has 0 bridgehead atoms. The maximum Gasteiger partial charge on any atom is 0.146 e. The van der Waals surface area contributed by atoms with Crippen molar-refractivity contribution < 1.29 is 8.81 Å². The Labute approximate surface area is 123 Å². The molecular weight excluding hydrogens is 265 g/mol. The van der Waals surface area contributed by atoms with Crippen LogP contribution in [0.3, 0.4) is 0 Å².